The lowest BCUT2D eigenvalue weighted by molar-refractivity contribution is -0.109. The molecule has 0 radical (unpaired) electrons. The van der Waals surface area contributed by atoms with E-state index in [4.69, 9.17) is 0 Å². The summed E-state index contributed by atoms with van der Waals surface area (Å²) in [7, 11) is -2.97. The van der Waals surface area contributed by atoms with Crippen LogP contribution in [-0.2, 0) is 4.79 Å². The smallest absolute Gasteiger partial charge is 0.181 e. The number of benzene rings is 7. The van der Waals surface area contributed by atoms with Crippen molar-refractivity contribution in [2.75, 3.05) is 9.80 Å². The van der Waals surface area contributed by atoms with Crippen LogP contribution in [0.25, 0.3) is 11.1 Å². The average molecular weight is 755 g/mol. The number of nitrogens with zero attached hydrogens (tertiary/aromatic N) is 2. The van der Waals surface area contributed by atoms with E-state index in [9.17, 15) is 9.59 Å². The number of carbonyl (C=O) groups is 2. The highest BCUT2D eigenvalue weighted by atomic mass is 28.3. The Balaban J connectivity index is 1.31. The Kier molecular flexibility index (Phi) is 9.45. The quantitative estimate of drug-likeness (QED) is 0.103. The van der Waals surface area contributed by atoms with Crippen molar-refractivity contribution in [1.29, 1.82) is 0 Å². The van der Waals surface area contributed by atoms with Crippen molar-refractivity contribution in [1.82, 2.24) is 0 Å². The number of allylic oxidation sites excluding steroid dienone is 3. The van der Waals surface area contributed by atoms with Gasteiger partial charge in [-0.2, -0.15) is 0 Å². The second kappa shape index (κ2) is 15.0. The number of carbonyl (C=O) groups excluding carboxylic acids is 2. The first-order valence-corrected chi connectivity index (χ1v) is 21.5. The van der Waals surface area contributed by atoms with E-state index in [0.717, 1.165) is 46.7 Å². The van der Waals surface area contributed by atoms with Crippen LogP contribution in [0.1, 0.15) is 27.9 Å². The topological polar surface area (TPSA) is 40.6 Å². The highest BCUT2D eigenvalue weighted by Crippen LogP contribution is 2.40. The monoisotopic (exact) mass is 754 g/mol. The lowest BCUT2D eigenvalue weighted by Crippen LogP contribution is -2.72. The summed E-state index contributed by atoms with van der Waals surface area (Å²) in [5.41, 5.74) is 11.8. The van der Waals surface area contributed by atoms with Gasteiger partial charge in [0.25, 0.3) is 0 Å². The van der Waals surface area contributed by atoms with Gasteiger partial charge < -0.3 is 14.6 Å². The number of aldehydes is 2. The van der Waals surface area contributed by atoms with Gasteiger partial charge in [-0.25, -0.2) is 0 Å². The zero-order chi connectivity index (χ0) is 38.9. The molecular formula is C52H42N2O2Si. The van der Waals surface area contributed by atoms with E-state index in [1.54, 1.807) is 0 Å². The molecule has 4 nitrogen and oxygen atoms in total. The summed E-state index contributed by atoms with van der Waals surface area (Å²) >= 11 is 0. The van der Waals surface area contributed by atoms with E-state index in [1.165, 1.54) is 43.0 Å². The predicted octanol–water partition coefficient (Wildman–Crippen LogP) is 9.74. The summed E-state index contributed by atoms with van der Waals surface area (Å²) in [6, 6.07) is 61.3. The third-order valence-corrected chi connectivity index (χ3v) is 16.2. The maximum absolute atomic E-state index is 11.8. The summed E-state index contributed by atoms with van der Waals surface area (Å²) in [5, 5.41) is 5.30. The third kappa shape index (κ3) is 6.36. The zero-order valence-electron chi connectivity index (χ0n) is 32.0. The van der Waals surface area contributed by atoms with Gasteiger partial charge in [0.1, 0.15) is 12.6 Å². The molecule has 9 rings (SSSR count). The molecule has 0 fully saturated rings. The van der Waals surface area contributed by atoms with Crippen LogP contribution in [0.4, 0.5) is 28.4 Å². The first-order valence-electron chi connectivity index (χ1n) is 19.5. The fourth-order valence-corrected chi connectivity index (χ4v) is 14.0. The molecule has 7 aromatic carbocycles. The minimum absolute atomic E-state index is 0.115. The second-order valence-electron chi connectivity index (χ2n) is 15.0. The summed E-state index contributed by atoms with van der Waals surface area (Å²) in [4.78, 5) is 28.1. The fourth-order valence-electron chi connectivity index (χ4n) is 8.77. The lowest BCUT2D eigenvalue weighted by Gasteiger charge is -2.34. The summed E-state index contributed by atoms with van der Waals surface area (Å²) in [6.45, 7) is 4.25. The van der Waals surface area contributed by atoms with Crippen LogP contribution in [0.5, 0.6) is 0 Å². The third-order valence-electron chi connectivity index (χ3n) is 11.4. The molecule has 0 spiro atoms. The molecule has 7 aromatic rings. The number of hydrogen-bond donors (Lipinski definition) is 0. The van der Waals surface area contributed by atoms with Gasteiger partial charge in [0.15, 0.2) is 8.07 Å². The molecule has 2 aliphatic rings. The van der Waals surface area contributed by atoms with Gasteiger partial charge in [-0.05, 0) is 142 Å². The lowest BCUT2D eigenvalue weighted by atomic mass is 9.99. The molecular weight excluding hydrogens is 713 g/mol. The highest BCUT2D eigenvalue weighted by molar-refractivity contribution is 7.22. The molecule has 276 valence electrons. The normalized spacial score (nSPS) is 14.9. The maximum Gasteiger partial charge on any atom is 0.181 e. The molecule has 0 saturated heterocycles. The number of fused-ring (bicyclic) bond motifs is 3. The molecule has 1 aliphatic carbocycles. The molecule has 0 bridgehead atoms. The van der Waals surface area contributed by atoms with Crippen molar-refractivity contribution in [3.05, 3.63) is 210 Å². The first kappa shape index (κ1) is 35.9. The number of rotatable bonds is 10. The average Bonchev–Trinajstić information content (AvgIpc) is 3.55. The molecule has 0 aromatic heterocycles. The molecule has 1 heterocycles. The minimum atomic E-state index is -2.97. The Morgan fingerprint density at radius 2 is 1.04 bits per heavy atom. The van der Waals surface area contributed by atoms with Crippen molar-refractivity contribution in [3.8, 4) is 11.1 Å². The highest BCUT2D eigenvalue weighted by Gasteiger charge is 2.49. The SMILES string of the molecule is Cc1cccc(N(C2=CC[C@H](C=O)C=C2)c2ccc3c(c2)[Si](c2ccccc2)(c2ccccc2)c2cc(N(c4ccc(C=O)cc4)c4cccc(C)c4)ccc2-3)c1. The van der Waals surface area contributed by atoms with Crippen LogP contribution in [0.2, 0.25) is 0 Å². The van der Waals surface area contributed by atoms with Crippen molar-refractivity contribution in [2.24, 2.45) is 5.92 Å². The first-order chi connectivity index (χ1) is 28.0. The summed E-state index contributed by atoms with van der Waals surface area (Å²) in [5.74, 6) is -0.115. The van der Waals surface area contributed by atoms with Crippen molar-refractivity contribution in [3.63, 3.8) is 0 Å². The van der Waals surface area contributed by atoms with Crippen LogP contribution in [0.3, 0.4) is 0 Å². The van der Waals surface area contributed by atoms with Crippen molar-refractivity contribution in [2.45, 2.75) is 20.3 Å². The van der Waals surface area contributed by atoms with Crippen LogP contribution in [-0.4, -0.2) is 20.6 Å². The molecule has 57 heavy (non-hydrogen) atoms. The van der Waals surface area contributed by atoms with E-state index in [0.29, 0.717) is 12.0 Å². The molecule has 0 N–H and O–H groups in total. The van der Waals surface area contributed by atoms with Crippen molar-refractivity contribution >= 4 is 69.8 Å². The number of hydrogen-bond acceptors (Lipinski definition) is 4. The predicted molar refractivity (Wildman–Crippen MR) is 239 cm³/mol. The van der Waals surface area contributed by atoms with E-state index in [1.807, 2.05) is 30.3 Å². The molecule has 0 unspecified atom stereocenters. The van der Waals surface area contributed by atoms with Gasteiger partial charge in [-0.15, -0.1) is 0 Å². The number of aryl methyl sites for hydroxylation is 2. The Morgan fingerprint density at radius 1 is 0.526 bits per heavy atom. The van der Waals surface area contributed by atoms with E-state index >= 15 is 0 Å². The summed E-state index contributed by atoms with van der Waals surface area (Å²) in [6.07, 6.45) is 8.90. The van der Waals surface area contributed by atoms with E-state index < -0.39 is 8.07 Å². The fraction of sp³-hybridized carbons (Fsp3) is 0.0769. The standard InChI is InChI=1S/C52H42N2O2Si/c1-37-11-9-13-43(31-37)53(41-23-19-39(35-55)20-24-41)45-27-29-49-50-30-28-46(54(44-14-10-12-38(2)32-44)42-25-21-40(36-56)22-26-42)34-52(50)57(51(49)33-45,47-15-5-3-6-16-47)48-17-7-4-8-18-48/h3-21,23-36,40H,22H2,1-2H3/t40-/m1/s1. The summed E-state index contributed by atoms with van der Waals surface area (Å²) < 4.78 is 0. The van der Waals surface area contributed by atoms with Crippen LogP contribution in [0, 0.1) is 19.8 Å². The van der Waals surface area contributed by atoms with Gasteiger partial charge in [0.05, 0.1) is 0 Å². The molecule has 0 saturated carbocycles. The zero-order valence-corrected chi connectivity index (χ0v) is 33.0. The minimum Gasteiger partial charge on any atom is -0.311 e. The van der Waals surface area contributed by atoms with Gasteiger partial charge in [0, 0.05) is 45.6 Å². The Labute approximate surface area is 335 Å². The van der Waals surface area contributed by atoms with Crippen LogP contribution >= 0.6 is 0 Å². The van der Waals surface area contributed by atoms with E-state index in [-0.39, 0.29) is 5.92 Å². The van der Waals surface area contributed by atoms with Crippen LogP contribution in [0.15, 0.2) is 194 Å². The van der Waals surface area contributed by atoms with Gasteiger partial charge in [0.2, 0.25) is 0 Å². The van der Waals surface area contributed by atoms with Crippen molar-refractivity contribution < 1.29 is 9.59 Å². The van der Waals surface area contributed by atoms with Crippen LogP contribution < -0.4 is 30.5 Å². The second-order valence-corrected chi connectivity index (χ2v) is 18.8. The molecule has 1 atom stereocenters. The van der Waals surface area contributed by atoms with Gasteiger partial charge in [-0.1, -0.05) is 109 Å². The Morgan fingerprint density at radius 3 is 1.53 bits per heavy atom. The maximum atomic E-state index is 11.8. The molecule has 0 amide bonds. The number of anilines is 5. The Hall–Kier alpha value is -6.82. The molecule has 5 heteroatoms. The Bertz CT molecular complexity index is 2640. The van der Waals surface area contributed by atoms with Gasteiger partial charge in [-0.3, -0.25) is 4.79 Å². The van der Waals surface area contributed by atoms with E-state index in [2.05, 4.69) is 181 Å². The largest absolute Gasteiger partial charge is 0.311 e. The van der Waals surface area contributed by atoms with Gasteiger partial charge >= 0.3 is 0 Å². The molecule has 1 aliphatic heterocycles.